The van der Waals surface area contributed by atoms with Crippen molar-refractivity contribution in [3.8, 4) is 5.75 Å². The summed E-state index contributed by atoms with van der Waals surface area (Å²) in [5, 5.41) is 0. The van der Waals surface area contributed by atoms with E-state index in [1.54, 1.807) is 12.1 Å². The van der Waals surface area contributed by atoms with Gasteiger partial charge in [-0.1, -0.05) is 11.9 Å². The molecule has 0 amide bonds. The van der Waals surface area contributed by atoms with Crippen molar-refractivity contribution in [3.05, 3.63) is 18.2 Å². The molecule has 5 heteroatoms. The first-order valence-electron chi connectivity index (χ1n) is 3.25. The summed E-state index contributed by atoms with van der Waals surface area (Å²) in [6.07, 6.45) is 1.82. The molecular formula is C7H9FN2OS. The fraction of sp³-hybridized carbons (Fsp3) is 0.143. The van der Waals surface area contributed by atoms with E-state index in [1.807, 2.05) is 6.26 Å². The smallest absolute Gasteiger partial charge is 0.195 e. The maximum absolute atomic E-state index is 11.9. The summed E-state index contributed by atoms with van der Waals surface area (Å²) in [5.41, 5.74) is 6.58. The topological polar surface area (TPSA) is 47.3 Å². The molecule has 1 aromatic carbocycles. The molecule has 0 aliphatic rings. The zero-order chi connectivity index (χ0) is 8.97. The van der Waals surface area contributed by atoms with Gasteiger partial charge in [0.15, 0.2) is 5.75 Å². The van der Waals surface area contributed by atoms with Gasteiger partial charge in [-0.2, -0.15) is 0 Å². The van der Waals surface area contributed by atoms with Gasteiger partial charge < -0.3 is 10.5 Å². The Hall–Kier alpha value is -1.10. The molecule has 1 rings (SSSR count). The van der Waals surface area contributed by atoms with Crippen LogP contribution in [0.25, 0.3) is 0 Å². The molecule has 0 spiro atoms. The summed E-state index contributed by atoms with van der Waals surface area (Å²) in [4.78, 5) is 3.62. The van der Waals surface area contributed by atoms with Gasteiger partial charge in [-0.15, -0.1) is 0 Å². The van der Waals surface area contributed by atoms with E-state index in [-0.39, 0.29) is 5.75 Å². The van der Waals surface area contributed by atoms with Gasteiger partial charge in [-0.25, -0.2) is 0 Å². The largest absolute Gasteiger partial charge is 0.399 e. The molecule has 0 heterocycles. The van der Waals surface area contributed by atoms with Crippen LogP contribution in [0.4, 0.5) is 15.9 Å². The minimum atomic E-state index is 0.138. The van der Waals surface area contributed by atoms with E-state index in [0.717, 1.165) is 0 Å². The van der Waals surface area contributed by atoms with Gasteiger partial charge in [0.05, 0.1) is 5.69 Å². The molecule has 0 aromatic heterocycles. The summed E-state index contributed by atoms with van der Waals surface area (Å²) in [5.74, 6) is 0.138. The monoisotopic (exact) mass is 188 g/mol. The molecule has 0 aliphatic heterocycles. The van der Waals surface area contributed by atoms with Crippen LogP contribution in [-0.2, 0) is 0 Å². The minimum absolute atomic E-state index is 0.138. The van der Waals surface area contributed by atoms with Crippen LogP contribution in [0.1, 0.15) is 0 Å². The Morgan fingerprint density at radius 3 is 2.92 bits per heavy atom. The summed E-state index contributed by atoms with van der Waals surface area (Å²) in [6, 6.07) is 4.64. The average Bonchev–Trinajstić information content (AvgIpc) is 2.05. The quantitative estimate of drug-likeness (QED) is 0.564. The molecule has 12 heavy (non-hydrogen) atoms. The summed E-state index contributed by atoms with van der Waals surface area (Å²) in [6.45, 7) is 0. The average molecular weight is 188 g/mol. The van der Waals surface area contributed by atoms with Crippen LogP contribution in [0, 0.1) is 0 Å². The van der Waals surface area contributed by atoms with E-state index in [2.05, 4.69) is 9.66 Å². The molecule has 0 fully saturated rings. The highest BCUT2D eigenvalue weighted by molar-refractivity contribution is 7.99. The molecule has 0 atom stereocenters. The van der Waals surface area contributed by atoms with Crippen molar-refractivity contribution in [2.24, 2.45) is 0 Å². The number of nitrogen functional groups attached to an aromatic ring is 1. The maximum atomic E-state index is 11.9. The van der Waals surface area contributed by atoms with Gasteiger partial charge in [0.1, 0.15) is 0 Å². The first-order chi connectivity index (χ1) is 5.77. The molecule has 0 aliphatic carbocycles. The van der Waals surface area contributed by atoms with Crippen molar-refractivity contribution in [1.82, 2.24) is 0 Å². The molecular weight excluding hydrogens is 179 g/mol. The number of rotatable bonds is 3. The fourth-order valence-electron chi connectivity index (χ4n) is 0.805. The SMILES string of the molecule is CSNc1cc(N)ccc1OF. The van der Waals surface area contributed by atoms with Crippen LogP contribution < -0.4 is 15.4 Å². The zero-order valence-corrected chi connectivity index (χ0v) is 7.32. The van der Waals surface area contributed by atoms with Crippen molar-refractivity contribution < 1.29 is 9.47 Å². The minimum Gasteiger partial charge on any atom is -0.399 e. The third-order valence-corrected chi connectivity index (χ3v) is 1.72. The summed E-state index contributed by atoms with van der Waals surface area (Å²) in [7, 11) is 0. The van der Waals surface area contributed by atoms with E-state index >= 15 is 0 Å². The van der Waals surface area contributed by atoms with Crippen LogP contribution in [0.15, 0.2) is 18.2 Å². The van der Waals surface area contributed by atoms with Gasteiger partial charge in [0, 0.05) is 16.5 Å². The van der Waals surface area contributed by atoms with Crippen molar-refractivity contribution in [2.75, 3.05) is 16.7 Å². The third-order valence-electron chi connectivity index (χ3n) is 1.30. The van der Waals surface area contributed by atoms with E-state index in [1.165, 1.54) is 18.0 Å². The van der Waals surface area contributed by atoms with Crippen molar-refractivity contribution in [1.29, 1.82) is 0 Å². The third kappa shape index (κ3) is 1.94. The van der Waals surface area contributed by atoms with Gasteiger partial charge in [0.2, 0.25) is 0 Å². The van der Waals surface area contributed by atoms with Gasteiger partial charge in [0.25, 0.3) is 0 Å². The number of anilines is 2. The van der Waals surface area contributed by atoms with E-state index in [9.17, 15) is 4.53 Å². The van der Waals surface area contributed by atoms with Crippen molar-refractivity contribution >= 4 is 23.3 Å². The lowest BCUT2D eigenvalue weighted by molar-refractivity contribution is -0.00519. The van der Waals surface area contributed by atoms with E-state index < -0.39 is 0 Å². The van der Waals surface area contributed by atoms with E-state index in [4.69, 9.17) is 5.73 Å². The lowest BCUT2D eigenvalue weighted by Gasteiger charge is -2.05. The molecule has 0 unspecified atom stereocenters. The van der Waals surface area contributed by atoms with E-state index in [0.29, 0.717) is 11.4 Å². The Morgan fingerprint density at radius 1 is 1.58 bits per heavy atom. The second kappa shape index (κ2) is 4.06. The Balaban J connectivity index is 2.95. The second-order valence-corrected chi connectivity index (χ2v) is 2.75. The van der Waals surface area contributed by atoms with Crippen LogP contribution in [0.2, 0.25) is 0 Å². The molecule has 0 bridgehead atoms. The normalized spacial score (nSPS) is 9.50. The van der Waals surface area contributed by atoms with Crippen LogP contribution in [0.5, 0.6) is 5.75 Å². The first kappa shape index (κ1) is 8.99. The predicted octanol–water partition coefficient (Wildman–Crippen LogP) is 2.22. The molecule has 0 saturated heterocycles. The number of nitrogens with one attached hydrogen (secondary N) is 1. The molecule has 0 saturated carbocycles. The van der Waals surface area contributed by atoms with Gasteiger partial charge in [-0.3, -0.25) is 4.94 Å². The number of halogens is 1. The summed E-state index contributed by atoms with van der Waals surface area (Å²) >= 11 is 1.34. The Labute approximate surface area is 74.1 Å². The Morgan fingerprint density at radius 2 is 2.33 bits per heavy atom. The highest BCUT2D eigenvalue weighted by Crippen LogP contribution is 2.28. The van der Waals surface area contributed by atoms with Gasteiger partial charge >= 0.3 is 0 Å². The van der Waals surface area contributed by atoms with Crippen molar-refractivity contribution in [2.45, 2.75) is 0 Å². The highest BCUT2D eigenvalue weighted by atomic mass is 32.2. The maximum Gasteiger partial charge on any atom is 0.195 e. The second-order valence-electron chi connectivity index (χ2n) is 2.14. The standard InChI is InChI=1S/C7H9FN2OS/c1-12-10-6-4-5(9)2-3-7(6)11-8/h2-4,10H,9H2,1H3. The molecule has 1 aromatic rings. The number of hydrogen-bond donors (Lipinski definition) is 2. The van der Waals surface area contributed by atoms with Crippen LogP contribution in [0.3, 0.4) is 0 Å². The first-order valence-corrected chi connectivity index (χ1v) is 4.47. The van der Waals surface area contributed by atoms with Gasteiger partial charge in [-0.05, 0) is 18.2 Å². The van der Waals surface area contributed by atoms with Crippen molar-refractivity contribution in [3.63, 3.8) is 0 Å². The van der Waals surface area contributed by atoms with Crippen LogP contribution >= 0.6 is 11.9 Å². The zero-order valence-electron chi connectivity index (χ0n) is 6.50. The summed E-state index contributed by atoms with van der Waals surface area (Å²) < 4.78 is 14.7. The lowest BCUT2D eigenvalue weighted by Crippen LogP contribution is -1.91. The number of hydrogen-bond acceptors (Lipinski definition) is 4. The molecule has 3 N–H and O–H groups in total. The number of benzene rings is 1. The predicted molar refractivity (Wildman–Crippen MR) is 49.7 cm³/mol. The number of nitrogens with two attached hydrogens (primary N) is 1. The Kier molecular flexibility index (Phi) is 3.04. The Bertz CT molecular complexity index is 270. The van der Waals surface area contributed by atoms with Crippen LogP contribution in [-0.4, -0.2) is 6.26 Å². The highest BCUT2D eigenvalue weighted by Gasteiger charge is 2.03. The molecule has 3 nitrogen and oxygen atoms in total. The molecule has 0 radical (unpaired) electrons. The lowest BCUT2D eigenvalue weighted by atomic mass is 10.3. The fourth-order valence-corrected chi connectivity index (χ4v) is 1.18. The molecule has 66 valence electrons.